The van der Waals surface area contributed by atoms with Gasteiger partial charge in [-0.2, -0.15) is 0 Å². The van der Waals surface area contributed by atoms with Gasteiger partial charge in [-0.05, 0) is 41.5 Å². The van der Waals surface area contributed by atoms with Crippen LogP contribution in [0.15, 0.2) is 72.8 Å². The second-order valence-electron chi connectivity index (χ2n) is 5.80. The lowest BCUT2D eigenvalue weighted by Crippen LogP contribution is -2.36. The first-order chi connectivity index (χ1) is 13.0. The highest BCUT2D eigenvalue weighted by molar-refractivity contribution is 7.16. The molecule has 0 aliphatic carbocycles. The highest BCUT2D eigenvalue weighted by Crippen LogP contribution is 2.29. The third kappa shape index (κ3) is 5.06. The van der Waals surface area contributed by atoms with Gasteiger partial charge in [-0.3, -0.25) is 9.59 Å². The summed E-state index contributed by atoms with van der Waals surface area (Å²) in [5.41, 5.74) is 7.13. The zero-order valence-corrected chi connectivity index (χ0v) is 15.8. The van der Waals surface area contributed by atoms with Crippen LogP contribution in [-0.2, 0) is 9.59 Å². The van der Waals surface area contributed by atoms with E-state index in [0.29, 0.717) is 10.6 Å². The van der Waals surface area contributed by atoms with Gasteiger partial charge in [0.05, 0.1) is 0 Å². The quantitative estimate of drug-likeness (QED) is 0.605. The Morgan fingerprint density at radius 3 is 2.37 bits per heavy atom. The molecule has 4 nitrogen and oxygen atoms in total. The van der Waals surface area contributed by atoms with Crippen molar-refractivity contribution in [2.75, 3.05) is 0 Å². The van der Waals surface area contributed by atoms with Crippen molar-refractivity contribution in [3.8, 4) is 10.4 Å². The number of nitrogens with two attached hydrogens (primary N) is 1. The molecule has 0 bridgehead atoms. The summed E-state index contributed by atoms with van der Waals surface area (Å²) in [5.74, 6) is -0.992. The van der Waals surface area contributed by atoms with Crippen LogP contribution in [0, 0.1) is 0 Å². The van der Waals surface area contributed by atoms with E-state index in [0.717, 1.165) is 15.3 Å². The van der Waals surface area contributed by atoms with E-state index < -0.39 is 11.9 Å². The number of hydrogen-bond donors (Lipinski definition) is 2. The number of primary amides is 1. The highest BCUT2D eigenvalue weighted by atomic mass is 35.5. The summed E-state index contributed by atoms with van der Waals surface area (Å²) in [6, 6.07) is 19.5. The summed E-state index contributed by atoms with van der Waals surface area (Å²) in [6.07, 6.45) is 3.11. The summed E-state index contributed by atoms with van der Waals surface area (Å²) in [6.45, 7) is 0. The van der Waals surface area contributed by atoms with Gasteiger partial charge in [0, 0.05) is 20.9 Å². The first-order valence-corrected chi connectivity index (χ1v) is 9.41. The molecule has 0 saturated heterocycles. The van der Waals surface area contributed by atoms with Gasteiger partial charge in [0.25, 0.3) is 0 Å². The fourth-order valence-electron chi connectivity index (χ4n) is 2.52. The van der Waals surface area contributed by atoms with Gasteiger partial charge < -0.3 is 11.1 Å². The minimum atomic E-state index is -0.865. The van der Waals surface area contributed by atoms with Crippen LogP contribution in [0.5, 0.6) is 0 Å². The van der Waals surface area contributed by atoms with Crippen molar-refractivity contribution < 1.29 is 9.59 Å². The Kier molecular flexibility index (Phi) is 6.06. The molecule has 3 rings (SSSR count). The molecule has 0 fully saturated rings. The van der Waals surface area contributed by atoms with Crippen molar-refractivity contribution in [1.29, 1.82) is 0 Å². The van der Waals surface area contributed by atoms with Gasteiger partial charge in [0.15, 0.2) is 0 Å². The van der Waals surface area contributed by atoms with Crippen molar-refractivity contribution in [2.45, 2.75) is 6.04 Å². The number of carbonyl (C=O) groups is 2. The monoisotopic (exact) mass is 396 g/mol. The average Bonchev–Trinajstić information content (AvgIpc) is 3.14. The third-order valence-electron chi connectivity index (χ3n) is 3.86. The first-order valence-electron chi connectivity index (χ1n) is 8.21. The van der Waals surface area contributed by atoms with E-state index in [4.69, 9.17) is 17.3 Å². The minimum Gasteiger partial charge on any atom is -0.368 e. The lowest BCUT2D eigenvalue weighted by molar-refractivity contribution is -0.125. The molecule has 1 aromatic heterocycles. The Morgan fingerprint density at radius 2 is 1.70 bits per heavy atom. The fourth-order valence-corrected chi connectivity index (χ4v) is 3.57. The Bertz CT molecular complexity index is 965. The van der Waals surface area contributed by atoms with Crippen molar-refractivity contribution in [1.82, 2.24) is 5.32 Å². The Labute approximate surface area is 166 Å². The van der Waals surface area contributed by atoms with Gasteiger partial charge in [-0.25, -0.2) is 0 Å². The summed E-state index contributed by atoms with van der Waals surface area (Å²) in [5, 5.41) is 3.33. The van der Waals surface area contributed by atoms with Crippen LogP contribution >= 0.6 is 22.9 Å². The van der Waals surface area contributed by atoms with E-state index in [1.165, 1.54) is 6.08 Å². The summed E-state index contributed by atoms with van der Waals surface area (Å²) in [7, 11) is 0. The molecule has 2 aromatic carbocycles. The number of benzene rings is 2. The maximum absolute atomic E-state index is 12.2. The highest BCUT2D eigenvalue weighted by Gasteiger charge is 2.18. The van der Waals surface area contributed by atoms with Gasteiger partial charge in [-0.1, -0.05) is 54.1 Å². The zero-order valence-electron chi connectivity index (χ0n) is 14.3. The van der Waals surface area contributed by atoms with Gasteiger partial charge >= 0.3 is 0 Å². The molecule has 6 heteroatoms. The third-order valence-corrected chi connectivity index (χ3v) is 5.21. The Morgan fingerprint density at radius 1 is 1.00 bits per heavy atom. The second-order valence-corrected chi connectivity index (χ2v) is 7.35. The van der Waals surface area contributed by atoms with Crippen LogP contribution in [0.3, 0.4) is 0 Å². The lowest BCUT2D eigenvalue weighted by atomic mass is 10.1. The van der Waals surface area contributed by atoms with Crippen LogP contribution in [-0.4, -0.2) is 11.8 Å². The molecule has 0 spiro atoms. The fraction of sp³-hybridized carbons (Fsp3) is 0.0476. The molecule has 0 radical (unpaired) electrons. The molecular formula is C21H17ClN2O2S. The standard InChI is InChI=1S/C21H17ClN2O2S/c22-16-8-6-14(7-9-16)18-12-10-17(27-18)11-13-19(25)24-20(21(23)26)15-4-2-1-3-5-15/h1-13,20H,(H2,23,26)(H,24,25)/b13-11+. The van der Waals surface area contributed by atoms with Gasteiger partial charge in [0.1, 0.15) is 6.04 Å². The largest absolute Gasteiger partial charge is 0.368 e. The number of nitrogens with one attached hydrogen (secondary N) is 1. The SMILES string of the molecule is NC(=O)C(NC(=O)/C=C/c1ccc(-c2ccc(Cl)cc2)s1)c1ccccc1. The maximum atomic E-state index is 12.2. The first kappa shape index (κ1) is 18.9. The lowest BCUT2D eigenvalue weighted by Gasteiger charge is -2.14. The topological polar surface area (TPSA) is 72.2 Å². The van der Waals surface area contributed by atoms with E-state index >= 15 is 0 Å². The number of carbonyl (C=O) groups excluding carboxylic acids is 2. The molecule has 3 N–H and O–H groups in total. The average molecular weight is 397 g/mol. The second kappa shape index (κ2) is 8.66. The van der Waals surface area contributed by atoms with Crippen LogP contribution in [0.4, 0.5) is 0 Å². The van der Waals surface area contributed by atoms with Crippen LogP contribution in [0.1, 0.15) is 16.5 Å². The summed E-state index contributed by atoms with van der Waals surface area (Å²) < 4.78 is 0. The van der Waals surface area contributed by atoms with E-state index in [-0.39, 0.29) is 5.91 Å². The molecule has 1 atom stereocenters. The predicted molar refractivity (Wildman–Crippen MR) is 110 cm³/mol. The Hall–Kier alpha value is -2.89. The van der Waals surface area contributed by atoms with Crippen LogP contribution < -0.4 is 11.1 Å². The van der Waals surface area contributed by atoms with E-state index in [1.807, 2.05) is 42.5 Å². The van der Waals surface area contributed by atoms with Crippen molar-refractivity contribution in [2.24, 2.45) is 5.73 Å². The van der Waals surface area contributed by atoms with Gasteiger partial charge in [-0.15, -0.1) is 11.3 Å². The normalized spacial score (nSPS) is 12.0. The van der Waals surface area contributed by atoms with Crippen LogP contribution in [0.2, 0.25) is 5.02 Å². The molecule has 0 aliphatic rings. The molecule has 0 aliphatic heterocycles. The molecule has 27 heavy (non-hydrogen) atoms. The van der Waals surface area contributed by atoms with Crippen molar-refractivity contribution in [3.63, 3.8) is 0 Å². The molecule has 3 aromatic rings. The Balaban J connectivity index is 1.68. The molecule has 1 unspecified atom stereocenters. The molecule has 2 amide bonds. The number of rotatable bonds is 6. The van der Waals surface area contributed by atoms with Crippen molar-refractivity contribution in [3.05, 3.63) is 88.3 Å². The number of halogens is 1. The summed E-state index contributed by atoms with van der Waals surface area (Å²) in [4.78, 5) is 25.9. The van der Waals surface area contributed by atoms with Crippen molar-refractivity contribution >= 4 is 40.8 Å². The maximum Gasteiger partial charge on any atom is 0.244 e. The predicted octanol–water partition coefficient (Wildman–Crippen LogP) is 4.42. The zero-order chi connectivity index (χ0) is 19.2. The van der Waals surface area contributed by atoms with E-state index in [9.17, 15) is 9.59 Å². The van der Waals surface area contributed by atoms with Gasteiger partial charge in [0.2, 0.25) is 11.8 Å². The molecule has 1 heterocycles. The van der Waals surface area contributed by atoms with E-state index in [1.54, 1.807) is 41.7 Å². The number of hydrogen-bond acceptors (Lipinski definition) is 3. The molecular weight excluding hydrogens is 380 g/mol. The minimum absolute atomic E-state index is 0.385. The molecule has 136 valence electrons. The number of amides is 2. The summed E-state index contributed by atoms with van der Waals surface area (Å²) >= 11 is 7.47. The van der Waals surface area contributed by atoms with E-state index in [2.05, 4.69) is 5.32 Å². The molecule has 0 saturated carbocycles. The smallest absolute Gasteiger partial charge is 0.244 e. The number of thiophene rings is 1. The van der Waals surface area contributed by atoms with Crippen LogP contribution in [0.25, 0.3) is 16.5 Å².